The molecule has 1 aromatic carbocycles. The molecule has 0 bridgehead atoms. The lowest BCUT2D eigenvalue weighted by Crippen LogP contribution is -1.92. The van der Waals surface area contributed by atoms with Crippen LogP contribution in [0.3, 0.4) is 0 Å². The van der Waals surface area contributed by atoms with E-state index >= 15 is 0 Å². The van der Waals surface area contributed by atoms with Crippen molar-refractivity contribution >= 4 is 11.4 Å². The molecule has 0 saturated carbocycles. The first-order chi connectivity index (χ1) is 7.62. The van der Waals surface area contributed by atoms with Gasteiger partial charge in [-0.3, -0.25) is 4.99 Å². The van der Waals surface area contributed by atoms with Gasteiger partial charge in [0.15, 0.2) is 11.6 Å². The predicted molar refractivity (Wildman–Crippen MR) is 62.5 cm³/mol. The molecule has 3 nitrogen and oxygen atoms in total. The van der Waals surface area contributed by atoms with Crippen LogP contribution in [-0.4, -0.2) is 19.9 Å². The number of nitrogens with zero attached hydrogens (tertiary/aromatic N) is 1. The van der Waals surface area contributed by atoms with Crippen LogP contribution in [0.4, 0.5) is 10.1 Å². The summed E-state index contributed by atoms with van der Waals surface area (Å²) in [6.07, 6.45) is 1.55. The summed E-state index contributed by atoms with van der Waals surface area (Å²) in [5.41, 5.74) is 0.794. The molecule has 0 amide bonds. The average Bonchev–Trinajstić information content (AvgIpc) is 2.31. The Bertz CT molecular complexity index is 427. The SMILES string of the molecule is C=CC(C)=Nc1cc(OC)cc(OC)c1F. The van der Waals surface area contributed by atoms with Gasteiger partial charge in [0.05, 0.1) is 14.2 Å². The first-order valence-electron chi connectivity index (χ1n) is 4.71. The van der Waals surface area contributed by atoms with Crippen LogP contribution in [0.5, 0.6) is 11.5 Å². The fraction of sp³-hybridized carbons (Fsp3) is 0.250. The smallest absolute Gasteiger partial charge is 0.190 e. The van der Waals surface area contributed by atoms with Crippen molar-refractivity contribution in [1.82, 2.24) is 0 Å². The van der Waals surface area contributed by atoms with Gasteiger partial charge in [0.2, 0.25) is 0 Å². The van der Waals surface area contributed by atoms with E-state index in [4.69, 9.17) is 9.47 Å². The second kappa shape index (κ2) is 5.30. The molecule has 0 heterocycles. The number of allylic oxidation sites excluding steroid dienone is 1. The molecule has 0 unspecified atom stereocenters. The van der Waals surface area contributed by atoms with Gasteiger partial charge in [0.1, 0.15) is 11.4 Å². The normalized spacial score (nSPS) is 11.1. The molecule has 0 fully saturated rings. The number of halogens is 1. The van der Waals surface area contributed by atoms with Crippen molar-refractivity contribution in [3.63, 3.8) is 0 Å². The fourth-order valence-corrected chi connectivity index (χ4v) is 1.14. The minimum Gasteiger partial charge on any atom is -0.497 e. The van der Waals surface area contributed by atoms with Crippen LogP contribution in [0.25, 0.3) is 0 Å². The van der Waals surface area contributed by atoms with Gasteiger partial charge in [0.25, 0.3) is 0 Å². The van der Waals surface area contributed by atoms with Crippen molar-refractivity contribution in [3.8, 4) is 11.5 Å². The molecule has 1 rings (SSSR count). The number of rotatable bonds is 4. The predicted octanol–water partition coefficient (Wildman–Crippen LogP) is 3.12. The van der Waals surface area contributed by atoms with Crippen LogP contribution >= 0.6 is 0 Å². The molecule has 0 aliphatic heterocycles. The summed E-state index contributed by atoms with van der Waals surface area (Å²) in [4.78, 5) is 4.06. The van der Waals surface area contributed by atoms with Crippen LogP contribution in [0.15, 0.2) is 29.8 Å². The van der Waals surface area contributed by atoms with E-state index in [0.717, 1.165) is 0 Å². The molecule has 16 heavy (non-hydrogen) atoms. The molecule has 0 N–H and O–H groups in total. The van der Waals surface area contributed by atoms with E-state index in [-0.39, 0.29) is 11.4 Å². The van der Waals surface area contributed by atoms with Crippen molar-refractivity contribution in [2.24, 2.45) is 4.99 Å². The van der Waals surface area contributed by atoms with E-state index in [2.05, 4.69) is 11.6 Å². The van der Waals surface area contributed by atoms with Crippen molar-refractivity contribution in [2.75, 3.05) is 14.2 Å². The first-order valence-corrected chi connectivity index (χ1v) is 4.71. The average molecular weight is 223 g/mol. The van der Waals surface area contributed by atoms with Crippen LogP contribution < -0.4 is 9.47 Å². The Morgan fingerprint density at radius 3 is 2.56 bits per heavy atom. The summed E-state index contributed by atoms with van der Waals surface area (Å²) in [5.74, 6) is 0.0910. The van der Waals surface area contributed by atoms with E-state index in [1.165, 1.54) is 26.4 Å². The summed E-state index contributed by atoms with van der Waals surface area (Å²) in [5, 5.41) is 0. The third kappa shape index (κ3) is 2.59. The number of methoxy groups -OCH3 is 2. The number of ether oxygens (including phenoxy) is 2. The standard InChI is InChI=1S/C12H14FNO2/c1-5-8(2)14-10-6-9(15-3)7-11(16-4)12(10)13/h5-7H,1H2,2-4H3. The molecule has 0 aromatic heterocycles. The van der Waals surface area contributed by atoms with Crippen LogP contribution in [0, 0.1) is 5.82 Å². The molecule has 0 radical (unpaired) electrons. The van der Waals surface area contributed by atoms with Crippen molar-refractivity contribution in [3.05, 3.63) is 30.6 Å². The largest absolute Gasteiger partial charge is 0.497 e. The summed E-state index contributed by atoms with van der Waals surface area (Å²) in [6.45, 7) is 5.29. The minimum atomic E-state index is -0.510. The zero-order chi connectivity index (χ0) is 12.1. The van der Waals surface area contributed by atoms with Crippen molar-refractivity contribution < 1.29 is 13.9 Å². The van der Waals surface area contributed by atoms with E-state index in [1.54, 1.807) is 13.0 Å². The summed E-state index contributed by atoms with van der Waals surface area (Å²) >= 11 is 0. The Kier molecular flexibility index (Phi) is 4.05. The maximum Gasteiger partial charge on any atom is 0.190 e. The Hall–Kier alpha value is -1.84. The van der Waals surface area contributed by atoms with Gasteiger partial charge >= 0.3 is 0 Å². The zero-order valence-electron chi connectivity index (χ0n) is 9.58. The third-order valence-corrected chi connectivity index (χ3v) is 2.04. The lowest BCUT2D eigenvalue weighted by Gasteiger charge is -2.07. The van der Waals surface area contributed by atoms with E-state index in [9.17, 15) is 4.39 Å². The van der Waals surface area contributed by atoms with Crippen molar-refractivity contribution in [1.29, 1.82) is 0 Å². The fourth-order valence-electron chi connectivity index (χ4n) is 1.14. The first kappa shape index (κ1) is 12.2. The molecule has 0 saturated heterocycles. The Morgan fingerprint density at radius 2 is 2.06 bits per heavy atom. The molecular formula is C12H14FNO2. The highest BCUT2D eigenvalue weighted by atomic mass is 19.1. The van der Waals surface area contributed by atoms with E-state index < -0.39 is 5.82 Å². The second-order valence-electron chi connectivity index (χ2n) is 3.12. The molecule has 4 heteroatoms. The summed E-state index contributed by atoms with van der Waals surface area (Å²) in [6, 6.07) is 2.97. The van der Waals surface area contributed by atoms with Gasteiger partial charge in [-0.2, -0.15) is 0 Å². The highest BCUT2D eigenvalue weighted by Gasteiger charge is 2.11. The molecule has 1 aromatic rings. The summed E-state index contributed by atoms with van der Waals surface area (Å²) in [7, 11) is 2.90. The van der Waals surface area contributed by atoms with Crippen LogP contribution in [0.1, 0.15) is 6.92 Å². The van der Waals surface area contributed by atoms with Crippen molar-refractivity contribution in [2.45, 2.75) is 6.92 Å². The monoisotopic (exact) mass is 223 g/mol. The topological polar surface area (TPSA) is 30.8 Å². The second-order valence-corrected chi connectivity index (χ2v) is 3.12. The minimum absolute atomic E-state index is 0.106. The quantitative estimate of drug-likeness (QED) is 0.734. The maximum atomic E-state index is 13.8. The number of benzene rings is 1. The van der Waals surface area contributed by atoms with Gasteiger partial charge < -0.3 is 9.47 Å². The summed E-state index contributed by atoms with van der Waals surface area (Å²) < 4.78 is 23.7. The molecule has 0 aliphatic rings. The number of hydrogen-bond acceptors (Lipinski definition) is 3. The third-order valence-electron chi connectivity index (χ3n) is 2.04. The highest BCUT2D eigenvalue weighted by Crippen LogP contribution is 2.32. The Morgan fingerprint density at radius 1 is 1.38 bits per heavy atom. The Labute approximate surface area is 94.2 Å². The van der Waals surface area contributed by atoms with Gasteiger partial charge in [-0.25, -0.2) is 4.39 Å². The van der Waals surface area contributed by atoms with Gasteiger partial charge in [-0.1, -0.05) is 6.58 Å². The molecule has 86 valence electrons. The zero-order valence-corrected chi connectivity index (χ0v) is 9.58. The Balaban J connectivity index is 3.31. The lowest BCUT2D eigenvalue weighted by atomic mass is 10.2. The molecule has 0 spiro atoms. The van der Waals surface area contributed by atoms with Crippen LogP contribution in [-0.2, 0) is 0 Å². The molecule has 0 aliphatic carbocycles. The highest BCUT2D eigenvalue weighted by molar-refractivity contribution is 5.94. The van der Waals surface area contributed by atoms with Crippen LogP contribution in [0.2, 0.25) is 0 Å². The molecule has 0 atom stereocenters. The maximum absolute atomic E-state index is 13.8. The molecular weight excluding hydrogens is 209 g/mol. The number of hydrogen-bond donors (Lipinski definition) is 0. The van der Waals surface area contributed by atoms with Gasteiger partial charge in [0, 0.05) is 17.8 Å². The van der Waals surface area contributed by atoms with E-state index in [0.29, 0.717) is 11.5 Å². The lowest BCUT2D eigenvalue weighted by molar-refractivity contribution is 0.375. The van der Waals surface area contributed by atoms with Gasteiger partial charge in [-0.15, -0.1) is 0 Å². The van der Waals surface area contributed by atoms with E-state index in [1.807, 2.05) is 0 Å². The number of aliphatic imine (C=N–C) groups is 1. The van der Waals surface area contributed by atoms with Gasteiger partial charge in [-0.05, 0) is 13.0 Å².